The Bertz CT molecular complexity index is 918. The van der Waals surface area contributed by atoms with Crippen LogP contribution in [0.2, 0.25) is 0 Å². The van der Waals surface area contributed by atoms with Crippen LogP contribution in [0.3, 0.4) is 0 Å². The van der Waals surface area contributed by atoms with Gasteiger partial charge in [-0.3, -0.25) is 4.79 Å². The number of rotatable bonds is 8. The molecule has 0 bridgehead atoms. The number of carbonyl (C=O) groups is 1. The second-order valence-electron chi connectivity index (χ2n) is 7.36. The van der Waals surface area contributed by atoms with Gasteiger partial charge in [-0.05, 0) is 56.0 Å². The SMILES string of the molecule is CCC(NC(=O)c1ccc(S(=O)(=O)NCC2CCCO2)cc1)c1ccc(C)cc1. The molecule has 1 amide bonds. The molecule has 1 heterocycles. The van der Waals surface area contributed by atoms with E-state index in [0.29, 0.717) is 12.2 Å². The van der Waals surface area contributed by atoms with Crippen LogP contribution in [-0.4, -0.2) is 33.6 Å². The first-order chi connectivity index (χ1) is 13.9. The van der Waals surface area contributed by atoms with E-state index in [4.69, 9.17) is 4.74 Å². The van der Waals surface area contributed by atoms with E-state index in [1.165, 1.54) is 29.8 Å². The van der Waals surface area contributed by atoms with Crippen molar-refractivity contribution in [3.05, 3.63) is 65.2 Å². The first-order valence-electron chi connectivity index (χ1n) is 9.98. The van der Waals surface area contributed by atoms with Gasteiger partial charge in [0.15, 0.2) is 0 Å². The molecule has 2 unspecified atom stereocenters. The van der Waals surface area contributed by atoms with E-state index in [-0.39, 0.29) is 29.5 Å². The van der Waals surface area contributed by atoms with Gasteiger partial charge in [0.2, 0.25) is 10.0 Å². The number of benzene rings is 2. The van der Waals surface area contributed by atoms with Crippen molar-refractivity contribution < 1.29 is 17.9 Å². The van der Waals surface area contributed by atoms with Crippen LogP contribution in [0, 0.1) is 6.92 Å². The number of aryl methyl sites for hydroxylation is 1. The Kier molecular flexibility index (Phi) is 7.05. The zero-order chi connectivity index (χ0) is 20.9. The van der Waals surface area contributed by atoms with Gasteiger partial charge in [0.05, 0.1) is 17.0 Å². The van der Waals surface area contributed by atoms with Crippen LogP contribution >= 0.6 is 0 Å². The maximum atomic E-state index is 12.6. The molecule has 6 nitrogen and oxygen atoms in total. The number of hydrogen-bond donors (Lipinski definition) is 2. The fraction of sp³-hybridized carbons (Fsp3) is 0.409. The fourth-order valence-corrected chi connectivity index (χ4v) is 4.40. The summed E-state index contributed by atoms with van der Waals surface area (Å²) >= 11 is 0. The van der Waals surface area contributed by atoms with Gasteiger partial charge in [0.1, 0.15) is 0 Å². The van der Waals surface area contributed by atoms with Gasteiger partial charge in [0, 0.05) is 18.7 Å². The van der Waals surface area contributed by atoms with Crippen LogP contribution in [0.5, 0.6) is 0 Å². The minimum Gasteiger partial charge on any atom is -0.377 e. The molecule has 1 aliphatic heterocycles. The quantitative estimate of drug-likeness (QED) is 0.691. The van der Waals surface area contributed by atoms with Crippen molar-refractivity contribution in [1.82, 2.24) is 10.0 Å². The first kappa shape index (κ1) is 21.5. The lowest BCUT2D eigenvalue weighted by molar-refractivity contribution is 0.0935. The number of nitrogens with one attached hydrogen (secondary N) is 2. The minimum atomic E-state index is -3.63. The largest absolute Gasteiger partial charge is 0.377 e. The van der Waals surface area contributed by atoms with Gasteiger partial charge in [-0.25, -0.2) is 13.1 Å². The molecule has 3 rings (SSSR count). The summed E-state index contributed by atoms with van der Waals surface area (Å²) in [7, 11) is -3.63. The Morgan fingerprint density at radius 1 is 1.14 bits per heavy atom. The molecule has 0 aromatic heterocycles. The molecule has 2 N–H and O–H groups in total. The van der Waals surface area contributed by atoms with E-state index in [0.717, 1.165) is 24.8 Å². The lowest BCUT2D eigenvalue weighted by Crippen LogP contribution is -2.32. The Balaban J connectivity index is 1.63. The van der Waals surface area contributed by atoms with Gasteiger partial charge in [-0.1, -0.05) is 36.8 Å². The van der Waals surface area contributed by atoms with Gasteiger partial charge < -0.3 is 10.1 Å². The number of hydrogen-bond acceptors (Lipinski definition) is 4. The Morgan fingerprint density at radius 3 is 2.41 bits per heavy atom. The number of ether oxygens (including phenoxy) is 1. The molecule has 0 saturated carbocycles. The van der Waals surface area contributed by atoms with E-state index in [2.05, 4.69) is 10.0 Å². The van der Waals surface area contributed by atoms with Crippen molar-refractivity contribution in [2.75, 3.05) is 13.2 Å². The number of sulfonamides is 1. The monoisotopic (exact) mass is 416 g/mol. The first-order valence-corrected chi connectivity index (χ1v) is 11.5. The van der Waals surface area contributed by atoms with Crippen molar-refractivity contribution in [2.24, 2.45) is 0 Å². The molecule has 1 aliphatic rings. The molecule has 2 atom stereocenters. The standard InChI is InChI=1S/C22H28N2O4S/c1-3-21(17-8-6-16(2)7-9-17)24-22(25)18-10-12-20(13-11-18)29(26,27)23-15-19-5-4-14-28-19/h6-13,19,21,23H,3-5,14-15H2,1-2H3,(H,24,25). The van der Waals surface area contributed by atoms with Gasteiger partial charge >= 0.3 is 0 Å². The normalized spacial score (nSPS) is 17.8. The molecule has 0 spiro atoms. The predicted molar refractivity (Wildman–Crippen MR) is 112 cm³/mol. The van der Waals surface area contributed by atoms with E-state index in [9.17, 15) is 13.2 Å². The number of amides is 1. The average molecular weight is 417 g/mol. The predicted octanol–water partition coefficient (Wildman–Crippen LogP) is 3.33. The molecule has 29 heavy (non-hydrogen) atoms. The summed E-state index contributed by atoms with van der Waals surface area (Å²) in [6, 6.07) is 14.0. The van der Waals surface area contributed by atoms with E-state index in [1.807, 2.05) is 38.1 Å². The molecule has 7 heteroatoms. The highest BCUT2D eigenvalue weighted by Crippen LogP contribution is 2.19. The zero-order valence-electron chi connectivity index (χ0n) is 16.9. The van der Waals surface area contributed by atoms with Gasteiger partial charge in [-0.15, -0.1) is 0 Å². The third-order valence-electron chi connectivity index (χ3n) is 5.15. The maximum absolute atomic E-state index is 12.6. The molecule has 0 aliphatic carbocycles. The highest BCUT2D eigenvalue weighted by atomic mass is 32.2. The fourth-order valence-electron chi connectivity index (χ4n) is 3.34. The lowest BCUT2D eigenvalue weighted by Gasteiger charge is -2.18. The van der Waals surface area contributed by atoms with E-state index >= 15 is 0 Å². The summed E-state index contributed by atoms with van der Waals surface area (Å²) in [5.74, 6) is -0.228. The third-order valence-corrected chi connectivity index (χ3v) is 6.58. The maximum Gasteiger partial charge on any atom is 0.251 e. The van der Waals surface area contributed by atoms with Gasteiger partial charge in [0.25, 0.3) is 5.91 Å². The Labute approximate surface area is 172 Å². The molecule has 1 fully saturated rings. The van der Waals surface area contributed by atoms with Crippen molar-refractivity contribution in [1.29, 1.82) is 0 Å². The smallest absolute Gasteiger partial charge is 0.251 e. The molecule has 156 valence electrons. The summed E-state index contributed by atoms with van der Waals surface area (Å²) < 4.78 is 32.9. The molecular weight excluding hydrogens is 388 g/mol. The summed E-state index contributed by atoms with van der Waals surface area (Å²) in [4.78, 5) is 12.8. The molecular formula is C22H28N2O4S. The molecule has 2 aromatic rings. The van der Waals surface area contributed by atoms with E-state index in [1.54, 1.807) is 0 Å². The van der Waals surface area contributed by atoms with Crippen molar-refractivity contribution >= 4 is 15.9 Å². The molecule has 1 saturated heterocycles. The van der Waals surface area contributed by atoms with Crippen LogP contribution in [-0.2, 0) is 14.8 Å². The third kappa shape index (κ3) is 5.65. The Hall–Kier alpha value is -2.22. The van der Waals surface area contributed by atoms with Crippen LogP contribution < -0.4 is 10.0 Å². The number of carbonyl (C=O) groups excluding carboxylic acids is 1. The van der Waals surface area contributed by atoms with Crippen LogP contribution in [0.1, 0.15) is 53.7 Å². The highest BCUT2D eigenvalue weighted by Gasteiger charge is 2.21. The lowest BCUT2D eigenvalue weighted by atomic mass is 10.0. The summed E-state index contributed by atoms with van der Waals surface area (Å²) in [5, 5.41) is 3.02. The van der Waals surface area contributed by atoms with Crippen molar-refractivity contribution in [2.45, 2.75) is 50.2 Å². The summed E-state index contributed by atoms with van der Waals surface area (Å²) in [5.41, 5.74) is 2.64. The summed E-state index contributed by atoms with van der Waals surface area (Å²) in [6.07, 6.45) is 2.51. The van der Waals surface area contributed by atoms with Crippen LogP contribution in [0.4, 0.5) is 0 Å². The zero-order valence-corrected chi connectivity index (χ0v) is 17.7. The van der Waals surface area contributed by atoms with Crippen LogP contribution in [0.15, 0.2) is 53.4 Å². The average Bonchev–Trinajstić information content (AvgIpc) is 3.25. The second kappa shape index (κ2) is 9.52. The van der Waals surface area contributed by atoms with Crippen molar-refractivity contribution in [3.63, 3.8) is 0 Å². The van der Waals surface area contributed by atoms with Crippen molar-refractivity contribution in [3.8, 4) is 0 Å². The van der Waals surface area contributed by atoms with Crippen LogP contribution in [0.25, 0.3) is 0 Å². The molecule has 0 radical (unpaired) electrons. The Morgan fingerprint density at radius 2 is 1.83 bits per heavy atom. The summed E-state index contributed by atoms with van der Waals surface area (Å²) in [6.45, 7) is 4.98. The second-order valence-corrected chi connectivity index (χ2v) is 9.12. The molecule has 2 aromatic carbocycles. The van der Waals surface area contributed by atoms with E-state index < -0.39 is 10.0 Å². The van der Waals surface area contributed by atoms with Gasteiger partial charge in [-0.2, -0.15) is 0 Å². The highest BCUT2D eigenvalue weighted by molar-refractivity contribution is 7.89. The minimum absolute atomic E-state index is 0.0671. The topological polar surface area (TPSA) is 84.5 Å².